The second-order valence-electron chi connectivity index (χ2n) is 5.94. The monoisotopic (exact) mass is 251 g/mol. The molecule has 18 heavy (non-hydrogen) atoms. The summed E-state index contributed by atoms with van der Waals surface area (Å²) in [4.78, 5) is 0. The molecular formula is C14H25N3O. The fourth-order valence-electron chi connectivity index (χ4n) is 3.14. The van der Waals surface area contributed by atoms with Crippen LogP contribution < -0.4 is 5.32 Å². The van der Waals surface area contributed by atoms with Crippen molar-refractivity contribution in [3.05, 3.63) is 11.8 Å². The highest BCUT2D eigenvalue weighted by atomic mass is 16.4. The van der Waals surface area contributed by atoms with Crippen LogP contribution in [0.15, 0.2) is 4.42 Å². The van der Waals surface area contributed by atoms with Crippen LogP contribution in [-0.2, 0) is 11.8 Å². The molecule has 0 radical (unpaired) electrons. The molecule has 1 saturated carbocycles. The van der Waals surface area contributed by atoms with Crippen molar-refractivity contribution in [1.82, 2.24) is 15.5 Å². The van der Waals surface area contributed by atoms with E-state index in [1.165, 1.54) is 32.1 Å². The fourth-order valence-corrected chi connectivity index (χ4v) is 3.14. The molecule has 1 aromatic rings. The van der Waals surface area contributed by atoms with Crippen LogP contribution in [-0.4, -0.2) is 23.8 Å². The first-order valence-electron chi connectivity index (χ1n) is 7.14. The van der Waals surface area contributed by atoms with Gasteiger partial charge in [0.1, 0.15) is 0 Å². The van der Waals surface area contributed by atoms with E-state index in [-0.39, 0.29) is 5.41 Å². The van der Waals surface area contributed by atoms with Crippen LogP contribution in [0.4, 0.5) is 0 Å². The number of likely N-dealkylation sites (N-methyl/N-ethyl adjacent to an activating group) is 1. The van der Waals surface area contributed by atoms with Crippen LogP contribution in [0.1, 0.15) is 57.7 Å². The topological polar surface area (TPSA) is 51.0 Å². The van der Waals surface area contributed by atoms with Crippen LogP contribution in [0.5, 0.6) is 0 Å². The van der Waals surface area contributed by atoms with Gasteiger partial charge in [-0.15, -0.1) is 10.2 Å². The quantitative estimate of drug-likeness (QED) is 0.844. The molecule has 1 aliphatic rings. The van der Waals surface area contributed by atoms with Crippen molar-refractivity contribution >= 4 is 0 Å². The minimum Gasteiger partial charge on any atom is -0.425 e. The molecule has 0 atom stereocenters. The number of hydrogen-bond acceptors (Lipinski definition) is 4. The van der Waals surface area contributed by atoms with Gasteiger partial charge in [0, 0.05) is 18.4 Å². The zero-order valence-electron chi connectivity index (χ0n) is 11.8. The van der Waals surface area contributed by atoms with E-state index in [0.717, 1.165) is 24.7 Å². The molecule has 0 spiro atoms. The summed E-state index contributed by atoms with van der Waals surface area (Å²) in [6.45, 7) is 5.44. The summed E-state index contributed by atoms with van der Waals surface area (Å²) in [6, 6.07) is 0. The van der Waals surface area contributed by atoms with Crippen LogP contribution in [0, 0.1) is 5.92 Å². The van der Waals surface area contributed by atoms with Gasteiger partial charge in [-0.05, 0) is 32.2 Å². The average Bonchev–Trinajstić information content (AvgIpc) is 2.94. The van der Waals surface area contributed by atoms with Gasteiger partial charge in [-0.25, -0.2) is 0 Å². The Bertz CT molecular complexity index is 367. The van der Waals surface area contributed by atoms with Crippen LogP contribution in [0.25, 0.3) is 0 Å². The molecule has 102 valence electrons. The Balaban J connectivity index is 2.13. The van der Waals surface area contributed by atoms with Crippen molar-refractivity contribution in [2.24, 2.45) is 5.92 Å². The number of aromatic nitrogens is 2. The summed E-state index contributed by atoms with van der Waals surface area (Å²) in [5, 5.41) is 11.6. The summed E-state index contributed by atoms with van der Waals surface area (Å²) < 4.78 is 5.91. The Kier molecular flexibility index (Phi) is 4.38. The van der Waals surface area contributed by atoms with E-state index < -0.39 is 0 Å². The smallest absolute Gasteiger partial charge is 0.222 e. The number of nitrogens with zero attached hydrogens (tertiary/aromatic N) is 2. The molecule has 4 heteroatoms. The maximum Gasteiger partial charge on any atom is 0.222 e. The Morgan fingerprint density at radius 3 is 2.61 bits per heavy atom. The highest BCUT2D eigenvalue weighted by Gasteiger charge is 2.40. The van der Waals surface area contributed by atoms with Gasteiger partial charge in [-0.3, -0.25) is 0 Å². The van der Waals surface area contributed by atoms with E-state index >= 15 is 0 Å². The van der Waals surface area contributed by atoms with E-state index in [9.17, 15) is 0 Å². The zero-order valence-corrected chi connectivity index (χ0v) is 11.8. The maximum absolute atomic E-state index is 5.91. The number of hydrogen-bond donors (Lipinski definition) is 1. The summed E-state index contributed by atoms with van der Waals surface area (Å²) in [5.41, 5.74) is 0.166. The van der Waals surface area contributed by atoms with Crippen LogP contribution in [0.2, 0.25) is 0 Å². The molecule has 0 saturated heterocycles. The zero-order chi connectivity index (χ0) is 13.0. The van der Waals surface area contributed by atoms with E-state index in [1.54, 1.807) is 0 Å². The minimum atomic E-state index is 0.166. The normalized spacial score (nSPS) is 18.7. The molecule has 1 aromatic heterocycles. The second kappa shape index (κ2) is 5.83. The first-order chi connectivity index (χ1) is 8.66. The largest absolute Gasteiger partial charge is 0.425 e. The molecule has 0 unspecified atom stereocenters. The van der Waals surface area contributed by atoms with Crippen LogP contribution in [0.3, 0.4) is 0 Å². The molecule has 2 rings (SSSR count). The van der Waals surface area contributed by atoms with E-state index in [0.29, 0.717) is 5.92 Å². The summed E-state index contributed by atoms with van der Waals surface area (Å²) in [7, 11) is 1.94. The van der Waals surface area contributed by atoms with Crippen molar-refractivity contribution in [1.29, 1.82) is 0 Å². The SMILES string of the molecule is CNCCc1nnc(C2(CC(C)C)CCCC2)o1. The molecule has 1 N–H and O–H groups in total. The molecule has 1 fully saturated rings. The summed E-state index contributed by atoms with van der Waals surface area (Å²) >= 11 is 0. The van der Waals surface area contributed by atoms with Crippen molar-refractivity contribution in [3.8, 4) is 0 Å². The predicted molar refractivity (Wildman–Crippen MR) is 71.5 cm³/mol. The lowest BCUT2D eigenvalue weighted by Crippen LogP contribution is -2.24. The third-order valence-corrected chi connectivity index (χ3v) is 3.87. The van der Waals surface area contributed by atoms with Gasteiger partial charge >= 0.3 is 0 Å². The maximum atomic E-state index is 5.91. The summed E-state index contributed by atoms with van der Waals surface area (Å²) in [6.07, 6.45) is 6.99. The van der Waals surface area contributed by atoms with Crippen molar-refractivity contribution in [3.63, 3.8) is 0 Å². The average molecular weight is 251 g/mol. The van der Waals surface area contributed by atoms with Gasteiger partial charge in [0.05, 0.1) is 0 Å². The van der Waals surface area contributed by atoms with Gasteiger partial charge in [0.2, 0.25) is 11.8 Å². The first kappa shape index (κ1) is 13.5. The Morgan fingerprint density at radius 1 is 1.28 bits per heavy atom. The molecule has 0 amide bonds. The van der Waals surface area contributed by atoms with Crippen molar-refractivity contribution < 1.29 is 4.42 Å². The molecule has 1 aliphatic carbocycles. The standard InChI is InChI=1S/C14H25N3O/c1-11(2)10-14(7-4-5-8-14)13-17-16-12(18-13)6-9-15-3/h11,15H,4-10H2,1-3H3. The van der Waals surface area contributed by atoms with Gasteiger partial charge < -0.3 is 9.73 Å². The minimum absolute atomic E-state index is 0.166. The van der Waals surface area contributed by atoms with E-state index in [1.807, 2.05) is 7.05 Å². The number of nitrogens with one attached hydrogen (secondary N) is 1. The molecule has 0 bridgehead atoms. The van der Waals surface area contributed by atoms with E-state index in [2.05, 4.69) is 29.4 Å². The molecule has 4 nitrogen and oxygen atoms in total. The lowest BCUT2D eigenvalue weighted by molar-refractivity contribution is 0.267. The second-order valence-corrected chi connectivity index (χ2v) is 5.94. The predicted octanol–water partition coefficient (Wildman–Crippen LogP) is 2.69. The number of rotatable bonds is 6. The summed E-state index contributed by atoms with van der Waals surface area (Å²) in [5.74, 6) is 2.34. The third kappa shape index (κ3) is 2.91. The van der Waals surface area contributed by atoms with Crippen molar-refractivity contribution in [2.45, 2.75) is 57.8 Å². The molecule has 1 heterocycles. The van der Waals surface area contributed by atoms with Crippen molar-refractivity contribution in [2.75, 3.05) is 13.6 Å². The lowest BCUT2D eigenvalue weighted by Gasteiger charge is -2.26. The van der Waals surface area contributed by atoms with Gasteiger partial charge in [-0.2, -0.15) is 0 Å². The lowest BCUT2D eigenvalue weighted by atomic mass is 9.78. The highest BCUT2D eigenvalue weighted by Crippen LogP contribution is 2.44. The van der Waals surface area contributed by atoms with Gasteiger partial charge in [0.15, 0.2) is 0 Å². The Morgan fingerprint density at radius 2 is 2.00 bits per heavy atom. The van der Waals surface area contributed by atoms with Crippen LogP contribution >= 0.6 is 0 Å². The first-order valence-corrected chi connectivity index (χ1v) is 7.14. The third-order valence-electron chi connectivity index (χ3n) is 3.87. The van der Waals surface area contributed by atoms with Gasteiger partial charge in [0.25, 0.3) is 0 Å². The molecule has 0 aliphatic heterocycles. The molecule has 0 aromatic carbocycles. The fraction of sp³-hybridized carbons (Fsp3) is 0.857. The highest BCUT2D eigenvalue weighted by molar-refractivity contribution is 5.07. The molecular weight excluding hydrogens is 226 g/mol. The van der Waals surface area contributed by atoms with Gasteiger partial charge in [-0.1, -0.05) is 26.7 Å². The Labute approximate surface area is 110 Å². The Hall–Kier alpha value is -0.900. The van der Waals surface area contributed by atoms with E-state index in [4.69, 9.17) is 4.42 Å².